The highest BCUT2D eigenvalue weighted by Gasteiger charge is 2.31. The first-order chi connectivity index (χ1) is 8.62. The molecule has 0 saturated heterocycles. The van der Waals surface area contributed by atoms with Gasteiger partial charge < -0.3 is 16.2 Å². The molecular formula is C10H9F3N2O3S. The van der Waals surface area contributed by atoms with Crippen molar-refractivity contribution in [2.24, 2.45) is 5.73 Å². The first-order valence-corrected chi connectivity index (χ1v) is 5.27. The molecule has 0 fully saturated rings. The number of anilines is 1. The van der Waals surface area contributed by atoms with Gasteiger partial charge in [-0.15, -0.1) is 12.6 Å². The Morgan fingerprint density at radius 1 is 1.37 bits per heavy atom. The molecule has 0 radical (unpaired) electrons. The van der Waals surface area contributed by atoms with Gasteiger partial charge in [0.15, 0.2) is 6.04 Å². The van der Waals surface area contributed by atoms with Crippen molar-refractivity contribution in [3.05, 3.63) is 23.8 Å². The highest BCUT2D eigenvalue weighted by molar-refractivity contribution is 7.80. The number of hydrogen-bond acceptors (Lipinski definition) is 4. The van der Waals surface area contributed by atoms with Crippen LogP contribution >= 0.6 is 12.6 Å². The molecule has 1 unspecified atom stereocenters. The van der Waals surface area contributed by atoms with Crippen LogP contribution in [0.3, 0.4) is 0 Å². The van der Waals surface area contributed by atoms with Gasteiger partial charge in [0, 0.05) is 4.90 Å². The van der Waals surface area contributed by atoms with Crippen LogP contribution in [0.25, 0.3) is 0 Å². The second-order valence-electron chi connectivity index (χ2n) is 3.53. The van der Waals surface area contributed by atoms with Crippen molar-refractivity contribution in [1.29, 1.82) is 0 Å². The third-order valence-corrected chi connectivity index (χ3v) is 2.50. The zero-order valence-electron chi connectivity index (χ0n) is 9.23. The SMILES string of the molecule is NC(C(=O)O)C(=O)Nc1ccc(C(F)(F)F)cc1S. The Balaban J connectivity index is 2.93. The monoisotopic (exact) mass is 294 g/mol. The first-order valence-electron chi connectivity index (χ1n) is 4.82. The van der Waals surface area contributed by atoms with Crippen LogP contribution in [0, 0.1) is 0 Å². The molecule has 0 aliphatic rings. The third kappa shape index (κ3) is 3.86. The van der Waals surface area contributed by atoms with Gasteiger partial charge in [-0.25, -0.2) is 4.79 Å². The number of carbonyl (C=O) groups excluding carboxylic acids is 1. The minimum absolute atomic E-state index is 0.0574. The van der Waals surface area contributed by atoms with Gasteiger partial charge in [-0.2, -0.15) is 13.2 Å². The van der Waals surface area contributed by atoms with Crippen LogP contribution in [0.15, 0.2) is 23.1 Å². The van der Waals surface area contributed by atoms with Crippen molar-refractivity contribution >= 4 is 30.2 Å². The number of benzene rings is 1. The summed E-state index contributed by atoms with van der Waals surface area (Å²) in [5.74, 6) is -2.60. The lowest BCUT2D eigenvalue weighted by atomic mass is 10.2. The number of carbonyl (C=O) groups is 2. The Kier molecular flexibility index (Phi) is 4.43. The summed E-state index contributed by atoms with van der Waals surface area (Å²) in [6.45, 7) is 0. The van der Waals surface area contributed by atoms with Gasteiger partial charge in [-0.05, 0) is 18.2 Å². The van der Waals surface area contributed by atoms with E-state index in [9.17, 15) is 22.8 Å². The summed E-state index contributed by atoms with van der Waals surface area (Å²) in [4.78, 5) is 21.6. The molecule has 0 bridgehead atoms. The topological polar surface area (TPSA) is 92.4 Å². The molecule has 5 nitrogen and oxygen atoms in total. The van der Waals surface area contributed by atoms with E-state index >= 15 is 0 Å². The lowest BCUT2D eigenvalue weighted by molar-refractivity contribution is -0.141. The van der Waals surface area contributed by atoms with Gasteiger partial charge in [0.2, 0.25) is 0 Å². The maximum Gasteiger partial charge on any atom is 0.416 e. The minimum atomic E-state index is -4.53. The molecule has 0 saturated carbocycles. The number of alkyl halides is 3. The van der Waals surface area contributed by atoms with Crippen LogP contribution in [0.4, 0.5) is 18.9 Å². The number of carboxylic acid groups (broad SMARTS) is 1. The number of carboxylic acids is 1. The second-order valence-corrected chi connectivity index (χ2v) is 4.02. The molecule has 0 aliphatic heterocycles. The predicted octanol–water partition coefficient (Wildman–Crippen LogP) is 1.34. The summed E-state index contributed by atoms with van der Waals surface area (Å²) in [6.07, 6.45) is -4.53. The second kappa shape index (κ2) is 5.49. The molecule has 1 aromatic rings. The van der Waals surface area contributed by atoms with E-state index in [1.165, 1.54) is 0 Å². The molecule has 1 rings (SSSR count). The molecule has 9 heteroatoms. The molecule has 0 heterocycles. The van der Waals surface area contributed by atoms with Crippen molar-refractivity contribution < 1.29 is 27.9 Å². The van der Waals surface area contributed by atoms with E-state index < -0.39 is 29.7 Å². The zero-order chi connectivity index (χ0) is 14.8. The maximum absolute atomic E-state index is 12.4. The zero-order valence-corrected chi connectivity index (χ0v) is 10.1. The molecule has 0 aliphatic carbocycles. The lowest BCUT2D eigenvalue weighted by Gasteiger charge is -2.12. The number of hydrogen-bond donors (Lipinski definition) is 4. The first kappa shape index (κ1) is 15.3. The highest BCUT2D eigenvalue weighted by Crippen LogP contribution is 2.33. The van der Waals surface area contributed by atoms with E-state index in [1.807, 2.05) is 0 Å². The van der Waals surface area contributed by atoms with Crippen LogP contribution < -0.4 is 11.1 Å². The molecule has 0 spiro atoms. The Morgan fingerprint density at radius 3 is 2.37 bits per heavy atom. The quantitative estimate of drug-likeness (QED) is 0.500. The van der Waals surface area contributed by atoms with Gasteiger partial charge >= 0.3 is 12.1 Å². The van der Waals surface area contributed by atoms with E-state index in [-0.39, 0.29) is 10.6 Å². The Bertz CT molecular complexity index is 519. The van der Waals surface area contributed by atoms with Crippen LogP contribution in [0.1, 0.15) is 5.56 Å². The molecule has 1 atom stereocenters. The summed E-state index contributed by atoms with van der Waals surface area (Å²) in [7, 11) is 0. The molecule has 0 aromatic heterocycles. The number of thiol groups is 1. The number of nitrogens with one attached hydrogen (secondary N) is 1. The average molecular weight is 294 g/mol. The van der Waals surface area contributed by atoms with Gasteiger partial charge in [0.05, 0.1) is 11.3 Å². The third-order valence-electron chi connectivity index (χ3n) is 2.13. The van der Waals surface area contributed by atoms with E-state index in [4.69, 9.17) is 10.8 Å². The molecule has 104 valence electrons. The van der Waals surface area contributed by atoms with Crippen molar-refractivity contribution in [1.82, 2.24) is 0 Å². The van der Waals surface area contributed by atoms with Crippen LogP contribution in [-0.2, 0) is 15.8 Å². The highest BCUT2D eigenvalue weighted by atomic mass is 32.1. The van der Waals surface area contributed by atoms with Gasteiger partial charge in [0.25, 0.3) is 5.91 Å². The molecular weight excluding hydrogens is 285 g/mol. The smallest absolute Gasteiger partial charge is 0.416 e. The predicted molar refractivity (Wildman–Crippen MR) is 62.9 cm³/mol. The van der Waals surface area contributed by atoms with Crippen LogP contribution in [0.5, 0.6) is 0 Å². The summed E-state index contributed by atoms with van der Waals surface area (Å²) >= 11 is 3.79. The van der Waals surface area contributed by atoms with E-state index in [2.05, 4.69) is 17.9 Å². The number of halogens is 3. The minimum Gasteiger partial charge on any atom is -0.480 e. The largest absolute Gasteiger partial charge is 0.480 e. The summed E-state index contributed by atoms with van der Waals surface area (Å²) < 4.78 is 37.1. The number of amides is 1. The normalized spacial score (nSPS) is 12.9. The Labute approximate surface area is 111 Å². The maximum atomic E-state index is 12.4. The lowest BCUT2D eigenvalue weighted by Crippen LogP contribution is -2.42. The fourth-order valence-corrected chi connectivity index (χ4v) is 1.41. The fraction of sp³-hybridized carbons (Fsp3) is 0.200. The number of aliphatic carboxylic acids is 1. The Hall–Kier alpha value is -1.74. The van der Waals surface area contributed by atoms with E-state index in [0.29, 0.717) is 6.07 Å². The molecule has 1 amide bonds. The van der Waals surface area contributed by atoms with Crippen molar-refractivity contribution in [2.45, 2.75) is 17.1 Å². The molecule has 19 heavy (non-hydrogen) atoms. The average Bonchev–Trinajstić information content (AvgIpc) is 2.29. The van der Waals surface area contributed by atoms with Crippen LogP contribution in [0.2, 0.25) is 0 Å². The van der Waals surface area contributed by atoms with E-state index in [0.717, 1.165) is 12.1 Å². The van der Waals surface area contributed by atoms with Crippen molar-refractivity contribution in [3.63, 3.8) is 0 Å². The van der Waals surface area contributed by atoms with Crippen molar-refractivity contribution in [3.8, 4) is 0 Å². The Morgan fingerprint density at radius 2 is 1.95 bits per heavy atom. The van der Waals surface area contributed by atoms with Gasteiger partial charge in [-0.3, -0.25) is 4.79 Å². The summed E-state index contributed by atoms with van der Waals surface area (Å²) in [6, 6.07) is 0.611. The molecule has 4 N–H and O–H groups in total. The standard InChI is InChI=1S/C10H9F3N2O3S/c11-10(12,13)4-1-2-5(6(19)3-4)15-8(16)7(14)9(17)18/h1-3,7,19H,14H2,(H,15,16)(H,17,18). The number of rotatable bonds is 3. The fourth-order valence-electron chi connectivity index (χ4n) is 1.14. The summed E-state index contributed by atoms with van der Waals surface area (Å²) in [5, 5.41) is 10.6. The van der Waals surface area contributed by atoms with Gasteiger partial charge in [-0.1, -0.05) is 0 Å². The summed E-state index contributed by atoms with van der Waals surface area (Å²) in [5.41, 5.74) is 4.05. The van der Waals surface area contributed by atoms with Gasteiger partial charge in [0.1, 0.15) is 0 Å². The molecule has 1 aromatic carbocycles. The van der Waals surface area contributed by atoms with Crippen LogP contribution in [-0.4, -0.2) is 23.0 Å². The van der Waals surface area contributed by atoms with E-state index in [1.54, 1.807) is 0 Å². The van der Waals surface area contributed by atoms with Crippen molar-refractivity contribution in [2.75, 3.05) is 5.32 Å². The number of nitrogens with two attached hydrogens (primary N) is 1.